The lowest BCUT2D eigenvalue weighted by Gasteiger charge is -2.22. The number of carboxylic acid groups (broad SMARTS) is 1. The lowest BCUT2D eigenvalue weighted by molar-refractivity contribution is -0.150. The maximum atomic E-state index is 11.7. The zero-order valence-electron chi connectivity index (χ0n) is 13.7. The molecule has 0 amide bonds. The van der Waals surface area contributed by atoms with Gasteiger partial charge in [-0.1, -0.05) is 31.1 Å². The molecular weight excluding hydrogens is 292 g/mol. The molecule has 1 atom stereocenters. The second kappa shape index (κ2) is 8.19. The van der Waals surface area contributed by atoms with Crippen LogP contribution in [0.3, 0.4) is 0 Å². The van der Waals surface area contributed by atoms with Gasteiger partial charge < -0.3 is 9.84 Å². The monoisotopic (exact) mass is 314 g/mol. The first kappa shape index (κ1) is 18.5. The van der Waals surface area contributed by atoms with Crippen molar-refractivity contribution < 1.29 is 19.4 Å². The topological polar surface area (TPSA) is 63.6 Å². The van der Waals surface area contributed by atoms with Crippen LogP contribution < -0.4 is 0 Å². The average molecular weight is 314 g/mol. The average Bonchev–Trinajstić information content (AvgIpc) is 2.51. The summed E-state index contributed by atoms with van der Waals surface area (Å²) in [6, 6.07) is 6.42. The van der Waals surface area contributed by atoms with Crippen molar-refractivity contribution >= 4 is 11.9 Å². The van der Waals surface area contributed by atoms with Gasteiger partial charge >= 0.3 is 11.9 Å². The van der Waals surface area contributed by atoms with Gasteiger partial charge in [0.25, 0.3) is 0 Å². The highest BCUT2D eigenvalue weighted by Gasteiger charge is 2.18. The fraction of sp³-hybridized carbons (Fsp3) is 0.368. The van der Waals surface area contributed by atoms with E-state index in [0.29, 0.717) is 6.42 Å². The van der Waals surface area contributed by atoms with Crippen LogP contribution in [0.5, 0.6) is 0 Å². The zero-order valence-corrected chi connectivity index (χ0v) is 13.7. The number of carboxylic acids is 1. The highest BCUT2D eigenvalue weighted by Crippen LogP contribution is 2.20. The van der Waals surface area contributed by atoms with Crippen LogP contribution in [0.4, 0.5) is 0 Å². The fourth-order valence-electron chi connectivity index (χ4n) is 1.84. The Kier molecular flexibility index (Phi) is 6.59. The van der Waals surface area contributed by atoms with Crippen LogP contribution in [0.15, 0.2) is 36.4 Å². The molecule has 1 aromatic carbocycles. The number of carbonyl (C=O) groups excluding carboxylic acids is 1. The van der Waals surface area contributed by atoms with Gasteiger partial charge in [-0.2, -0.15) is 0 Å². The van der Waals surface area contributed by atoms with E-state index in [1.54, 1.807) is 18.2 Å². The Labute approximate surface area is 137 Å². The summed E-state index contributed by atoms with van der Waals surface area (Å²) >= 11 is 0. The van der Waals surface area contributed by atoms with Crippen molar-refractivity contribution in [1.29, 1.82) is 0 Å². The van der Waals surface area contributed by atoms with Crippen molar-refractivity contribution in [2.75, 3.05) is 0 Å². The molecule has 1 rings (SSSR count). The summed E-state index contributed by atoms with van der Waals surface area (Å²) in [5.74, 6) is 1.06. The molecule has 23 heavy (non-hydrogen) atoms. The number of benzene rings is 1. The van der Waals surface area contributed by atoms with Gasteiger partial charge in [0.1, 0.15) is 5.60 Å². The van der Waals surface area contributed by atoms with Gasteiger partial charge in [-0.3, -0.25) is 0 Å². The van der Waals surface area contributed by atoms with E-state index in [1.165, 1.54) is 18.2 Å². The first-order valence-electron chi connectivity index (χ1n) is 7.48. The molecule has 1 aromatic rings. The second-order valence-electron chi connectivity index (χ2n) is 5.82. The summed E-state index contributed by atoms with van der Waals surface area (Å²) < 4.78 is 5.31. The lowest BCUT2D eigenvalue weighted by Crippen LogP contribution is -2.25. The number of aromatic carboxylic acids is 1. The minimum Gasteiger partial charge on any atom is -0.478 e. The zero-order chi connectivity index (χ0) is 17.5. The fourth-order valence-corrected chi connectivity index (χ4v) is 1.84. The van der Waals surface area contributed by atoms with E-state index in [4.69, 9.17) is 16.3 Å². The minimum atomic E-state index is -0.977. The number of esters is 1. The molecule has 0 heterocycles. The molecule has 0 aliphatic heterocycles. The van der Waals surface area contributed by atoms with Gasteiger partial charge in [0.15, 0.2) is 0 Å². The molecule has 122 valence electrons. The summed E-state index contributed by atoms with van der Waals surface area (Å²) in [6.07, 6.45) is 9.80. The summed E-state index contributed by atoms with van der Waals surface area (Å²) in [6.45, 7) is 5.66. The number of allylic oxidation sites excluding steroid dienone is 1. The molecule has 1 N–H and O–H groups in total. The first-order valence-corrected chi connectivity index (χ1v) is 7.48. The Morgan fingerprint density at radius 3 is 2.43 bits per heavy atom. The van der Waals surface area contributed by atoms with E-state index >= 15 is 0 Å². The van der Waals surface area contributed by atoms with Crippen molar-refractivity contribution in [2.45, 2.75) is 45.1 Å². The highest BCUT2D eigenvalue weighted by atomic mass is 16.6. The predicted molar refractivity (Wildman–Crippen MR) is 89.2 cm³/mol. The third-order valence-corrected chi connectivity index (χ3v) is 3.62. The number of terminal acetylenes is 1. The summed E-state index contributed by atoms with van der Waals surface area (Å²) in [5.41, 5.74) is 0.564. The van der Waals surface area contributed by atoms with Crippen molar-refractivity contribution in [3.8, 4) is 12.3 Å². The van der Waals surface area contributed by atoms with Crippen LogP contribution in [-0.2, 0) is 9.53 Å². The van der Waals surface area contributed by atoms with Gasteiger partial charge in [0.05, 0.1) is 5.56 Å². The van der Waals surface area contributed by atoms with E-state index in [-0.39, 0.29) is 11.5 Å². The van der Waals surface area contributed by atoms with Crippen molar-refractivity contribution in [3.63, 3.8) is 0 Å². The number of ether oxygens (including phenoxy) is 1. The van der Waals surface area contributed by atoms with Gasteiger partial charge in [-0.15, -0.1) is 6.42 Å². The third kappa shape index (κ3) is 5.99. The first-order chi connectivity index (χ1) is 10.8. The minimum absolute atomic E-state index is 0.213. The van der Waals surface area contributed by atoms with E-state index in [2.05, 4.69) is 5.92 Å². The highest BCUT2D eigenvalue weighted by molar-refractivity contribution is 5.87. The van der Waals surface area contributed by atoms with Crippen LogP contribution in [-0.4, -0.2) is 22.6 Å². The molecule has 0 radical (unpaired) electrons. The second-order valence-corrected chi connectivity index (χ2v) is 5.82. The molecule has 0 aliphatic carbocycles. The quantitative estimate of drug-likeness (QED) is 0.472. The summed E-state index contributed by atoms with van der Waals surface area (Å²) in [5, 5.41) is 8.88. The lowest BCUT2D eigenvalue weighted by atomic mass is 9.95. The molecule has 0 fully saturated rings. The van der Waals surface area contributed by atoms with E-state index in [0.717, 1.165) is 12.0 Å². The number of hydrogen-bond donors (Lipinski definition) is 1. The van der Waals surface area contributed by atoms with E-state index in [9.17, 15) is 9.59 Å². The largest absolute Gasteiger partial charge is 0.478 e. The van der Waals surface area contributed by atoms with Gasteiger partial charge in [-0.05, 0) is 44.4 Å². The summed E-state index contributed by atoms with van der Waals surface area (Å²) in [7, 11) is 0. The van der Waals surface area contributed by atoms with E-state index in [1.807, 2.05) is 20.8 Å². The van der Waals surface area contributed by atoms with Gasteiger partial charge in [0, 0.05) is 12.0 Å². The Morgan fingerprint density at radius 2 is 1.96 bits per heavy atom. The van der Waals surface area contributed by atoms with Crippen molar-refractivity contribution in [3.05, 3.63) is 47.5 Å². The molecule has 0 spiro atoms. The molecule has 4 heteroatoms. The normalized spacial score (nSPS) is 12.6. The van der Waals surface area contributed by atoms with Crippen LogP contribution in [0, 0.1) is 12.3 Å². The Morgan fingerprint density at radius 1 is 1.35 bits per heavy atom. The number of hydrogen-bond acceptors (Lipinski definition) is 3. The number of carbonyl (C=O) groups is 2. The molecule has 4 nitrogen and oxygen atoms in total. The Balaban J connectivity index is 2.67. The molecule has 1 unspecified atom stereocenters. The van der Waals surface area contributed by atoms with Crippen LogP contribution >= 0.6 is 0 Å². The van der Waals surface area contributed by atoms with Crippen LogP contribution in [0.25, 0.3) is 0 Å². The SMILES string of the molecule is C#CC(CC=CC(=O)OC(C)(C)CC)c1ccc(C(=O)O)cc1. The van der Waals surface area contributed by atoms with Gasteiger partial charge in [0.2, 0.25) is 0 Å². The Bertz CT molecular complexity index is 618. The molecular formula is C19H22O4. The third-order valence-electron chi connectivity index (χ3n) is 3.62. The van der Waals surface area contributed by atoms with Crippen LogP contribution in [0.2, 0.25) is 0 Å². The maximum Gasteiger partial charge on any atom is 0.335 e. The smallest absolute Gasteiger partial charge is 0.335 e. The molecule has 0 aromatic heterocycles. The van der Waals surface area contributed by atoms with Crippen LogP contribution in [0.1, 0.15) is 55.5 Å². The molecule has 0 saturated heterocycles. The van der Waals surface area contributed by atoms with Crippen molar-refractivity contribution in [1.82, 2.24) is 0 Å². The Hall–Kier alpha value is -2.54. The predicted octanol–water partition coefficient (Wildman–Crippen LogP) is 3.78. The summed E-state index contributed by atoms with van der Waals surface area (Å²) in [4.78, 5) is 22.6. The molecule has 0 aliphatic rings. The maximum absolute atomic E-state index is 11.7. The van der Waals surface area contributed by atoms with E-state index < -0.39 is 17.5 Å². The molecule has 0 bridgehead atoms. The number of rotatable bonds is 7. The standard InChI is InChI=1S/C19H22O4/c1-5-14(15-10-12-16(13-11-15)18(21)22)8-7-9-17(20)23-19(3,4)6-2/h1,7,9-14H,6,8H2,2-4H3,(H,21,22). The van der Waals surface area contributed by atoms with Crippen molar-refractivity contribution in [2.24, 2.45) is 0 Å². The van der Waals surface area contributed by atoms with Gasteiger partial charge in [-0.25, -0.2) is 9.59 Å². The molecule has 0 saturated carbocycles.